The van der Waals surface area contributed by atoms with E-state index < -0.39 is 0 Å². The van der Waals surface area contributed by atoms with E-state index in [1.807, 2.05) is 6.07 Å². The summed E-state index contributed by atoms with van der Waals surface area (Å²) in [6, 6.07) is 5.31. The molecular formula is C9H5N7O. The van der Waals surface area contributed by atoms with Crippen LogP contribution in [0.3, 0.4) is 0 Å². The number of nitrogens with zero attached hydrogens (tertiary/aromatic N) is 5. The Hall–Kier alpha value is -2.95. The maximum absolute atomic E-state index is 8.68. The normalized spacial score (nSPS) is 10.3. The Balaban J connectivity index is 1.98. The van der Waals surface area contributed by atoms with Crippen LogP contribution in [0.5, 0.6) is 0 Å². The van der Waals surface area contributed by atoms with Crippen LogP contribution in [-0.2, 0) is 0 Å². The number of hydrogen-bond donors (Lipinski definition) is 2. The maximum atomic E-state index is 8.68. The molecule has 0 radical (unpaired) electrons. The summed E-state index contributed by atoms with van der Waals surface area (Å²) in [5, 5.41) is 22.4. The van der Waals surface area contributed by atoms with E-state index in [9.17, 15) is 0 Å². The molecule has 0 bridgehead atoms. The molecule has 8 heteroatoms. The third-order valence-corrected chi connectivity index (χ3v) is 2.11. The average molecular weight is 227 g/mol. The molecule has 0 amide bonds. The van der Waals surface area contributed by atoms with Crippen LogP contribution >= 0.6 is 0 Å². The van der Waals surface area contributed by atoms with Crippen LogP contribution in [0.1, 0.15) is 5.69 Å². The molecule has 17 heavy (non-hydrogen) atoms. The molecule has 2 N–H and O–H groups in total. The fraction of sp³-hybridized carbons (Fsp3) is 0. The Morgan fingerprint density at radius 3 is 3.00 bits per heavy atom. The number of nitriles is 1. The van der Waals surface area contributed by atoms with Crippen LogP contribution in [-0.4, -0.2) is 30.5 Å². The summed E-state index contributed by atoms with van der Waals surface area (Å²) in [6.45, 7) is 0. The van der Waals surface area contributed by atoms with Gasteiger partial charge in [-0.2, -0.15) is 25.7 Å². The van der Waals surface area contributed by atoms with E-state index in [-0.39, 0.29) is 0 Å². The summed E-state index contributed by atoms with van der Waals surface area (Å²) >= 11 is 0. The molecule has 0 aliphatic heterocycles. The van der Waals surface area contributed by atoms with Crippen LogP contribution in [0.15, 0.2) is 22.9 Å². The summed E-state index contributed by atoms with van der Waals surface area (Å²) in [5.74, 6) is 0.631. The van der Waals surface area contributed by atoms with Gasteiger partial charge in [-0.1, -0.05) is 5.16 Å². The highest BCUT2D eigenvalue weighted by molar-refractivity contribution is 5.54. The zero-order valence-corrected chi connectivity index (χ0v) is 8.38. The van der Waals surface area contributed by atoms with Gasteiger partial charge in [0.15, 0.2) is 5.69 Å². The standard InChI is InChI=1S/C9H5N7O/c10-3-5-1-2-6(12-5)9-13-8(15-17-9)7-4-11-16-14-7/h1-2,4,12H,(H,11,14,16). The van der Waals surface area contributed by atoms with Gasteiger partial charge in [-0.15, -0.1) is 0 Å². The largest absolute Gasteiger partial charge is 0.342 e. The highest BCUT2D eigenvalue weighted by Gasteiger charge is 2.13. The minimum Gasteiger partial charge on any atom is -0.342 e. The number of H-pyrrole nitrogens is 2. The Morgan fingerprint density at radius 2 is 2.29 bits per heavy atom. The minimum absolute atomic E-state index is 0.296. The quantitative estimate of drug-likeness (QED) is 0.665. The van der Waals surface area contributed by atoms with E-state index in [1.165, 1.54) is 6.20 Å². The zero-order valence-electron chi connectivity index (χ0n) is 8.38. The molecule has 3 aromatic rings. The van der Waals surface area contributed by atoms with Crippen molar-refractivity contribution in [2.24, 2.45) is 0 Å². The van der Waals surface area contributed by atoms with E-state index >= 15 is 0 Å². The summed E-state index contributed by atoms with van der Waals surface area (Å²) < 4.78 is 5.05. The van der Waals surface area contributed by atoms with Crippen molar-refractivity contribution in [3.8, 4) is 29.2 Å². The number of rotatable bonds is 2. The average Bonchev–Trinajstić information content (AvgIpc) is 3.09. The van der Waals surface area contributed by atoms with Crippen molar-refractivity contribution in [3.63, 3.8) is 0 Å². The van der Waals surface area contributed by atoms with Crippen molar-refractivity contribution in [1.82, 2.24) is 30.5 Å². The Kier molecular flexibility index (Phi) is 1.95. The SMILES string of the molecule is N#Cc1ccc(-c2nc(-c3cn[nH]n3)no2)[nH]1. The summed E-state index contributed by atoms with van der Waals surface area (Å²) in [4.78, 5) is 6.97. The number of hydrogen-bond acceptors (Lipinski definition) is 6. The molecule has 3 aromatic heterocycles. The van der Waals surface area contributed by atoms with Crippen molar-refractivity contribution in [2.45, 2.75) is 0 Å². The number of aromatic nitrogens is 6. The highest BCUT2D eigenvalue weighted by Crippen LogP contribution is 2.19. The van der Waals surface area contributed by atoms with Gasteiger partial charge in [-0.25, -0.2) is 0 Å². The first-order chi connectivity index (χ1) is 8.36. The second-order valence-electron chi connectivity index (χ2n) is 3.18. The second kappa shape index (κ2) is 3.57. The molecule has 0 unspecified atom stereocenters. The fourth-order valence-electron chi connectivity index (χ4n) is 1.33. The summed E-state index contributed by atoms with van der Waals surface area (Å²) in [7, 11) is 0. The van der Waals surface area contributed by atoms with Crippen LogP contribution in [0.4, 0.5) is 0 Å². The van der Waals surface area contributed by atoms with Gasteiger partial charge in [0, 0.05) is 0 Å². The zero-order chi connectivity index (χ0) is 11.7. The molecule has 0 aromatic carbocycles. The van der Waals surface area contributed by atoms with Gasteiger partial charge in [-0.3, -0.25) is 0 Å². The fourth-order valence-corrected chi connectivity index (χ4v) is 1.33. The number of aromatic amines is 2. The van der Waals surface area contributed by atoms with Crippen molar-refractivity contribution < 1.29 is 4.52 Å². The third kappa shape index (κ3) is 1.55. The van der Waals surface area contributed by atoms with Gasteiger partial charge in [0.1, 0.15) is 17.5 Å². The van der Waals surface area contributed by atoms with Gasteiger partial charge in [0.25, 0.3) is 5.89 Å². The molecule has 82 valence electrons. The van der Waals surface area contributed by atoms with Crippen molar-refractivity contribution in [1.29, 1.82) is 5.26 Å². The summed E-state index contributed by atoms with van der Waals surface area (Å²) in [6.07, 6.45) is 1.49. The molecular weight excluding hydrogens is 222 g/mol. The van der Waals surface area contributed by atoms with Gasteiger partial charge < -0.3 is 9.51 Å². The lowest BCUT2D eigenvalue weighted by Gasteiger charge is -1.84. The second-order valence-corrected chi connectivity index (χ2v) is 3.18. The van der Waals surface area contributed by atoms with Crippen LogP contribution in [0, 0.1) is 11.3 Å². The molecule has 0 atom stereocenters. The van der Waals surface area contributed by atoms with Crippen molar-refractivity contribution in [3.05, 3.63) is 24.0 Å². The number of nitrogens with one attached hydrogen (secondary N) is 2. The van der Waals surface area contributed by atoms with Crippen LogP contribution in [0.25, 0.3) is 23.1 Å². The van der Waals surface area contributed by atoms with E-state index in [2.05, 4.69) is 30.5 Å². The summed E-state index contributed by atoms with van der Waals surface area (Å²) in [5.41, 5.74) is 1.51. The Morgan fingerprint density at radius 1 is 1.35 bits per heavy atom. The highest BCUT2D eigenvalue weighted by atomic mass is 16.5. The lowest BCUT2D eigenvalue weighted by molar-refractivity contribution is 0.431. The first-order valence-electron chi connectivity index (χ1n) is 4.66. The van der Waals surface area contributed by atoms with E-state index in [0.717, 1.165) is 0 Å². The molecule has 0 saturated carbocycles. The molecule has 0 spiro atoms. The Bertz CT molecular complexity index is 672. The van der Waals surface area contributed by atoms with E-state index in [0.29, 0.717) is 28.8 Å². The minimum atomic E-state index is 0.296. The van der Waals surface area contributed by atoms with Gasteiger partial charge >= 0.3 is 0 Å². The first-order valence-corrected chi connectivity index (χ1v) is 4.66. The third-order valence-electron chi connectivity index (χ3n) is 2.11. The Labute approximate surface area is 94.3 Å². The molecule has 0 aliphatic rings. The predicted molar refractivity (Wildman–Crippen MR) is 54.2 cm³/mol. The maximum Gasteiger partial charge on any atom is 0.274 e. The molecule has 0 aliphatic carbocycles. The smallest absolute Gasteiger partial charge is 0.274 e. The van der Waals surface area contributed by atoms with Gasteiger partial charge in [0.2, 0.25) is 5.82 Å². The van der Waals surface area contributed by atoms with Crippen molar-refractivity contribution in [2.75, 3.05) is 0 Å². The van der Waals surface area contributed by atoms with Crippen LogP contribution in [0.2, 0.25) is 0 Å². The van der Waals surface area contributed by atoms with E-state index in [4.69, 9.17) is 9.78 Å². The van der Waals surface area contributed by atoms with Crippen LogP contribution < -0.4 is 0 Å². The molecule has 3 rings (SSSR count). The van der Waals surface area contributed by atoms with Crippen molar-refractivity contribution >= 4 is 0 Å². The predicted octanol–water partition coefficient (Wildman–Crippen LogP) is 0.721. The first kappa shape index (κ1) is 9.29. The molecule has 0 saturated heterocycles. The molecule has 0 fully saturated rings. The lowest BCUT2D eigenvalue weighted by atomic mass is 10.4. The molecule has 3 heterocycles. The lowest BCUT2D eigenvalue weighted by Crippen LogP contribution is -1.81. The monoisotopic (exact) mass is 227 g/mol. The van der Waals surface area contributed by atoms with Gasteiger partial charge in [-0.05, 0) is 12.1 Å². The van der Waals surface area contributed by atoms with Gasteiger partial charge in [0.05, 0.1) is 6.20 Å². The molecule has 8 nitrogen and oxygen atoms in total. The topological polar surface area (TPSA) is 120 Å². The van der Waals surface area contributed by atoms with E-state index in [1.54, 1.807) is 12.1 Å².